The molecule has 0 fully saturated rings. The van der Waals surface area contributed by atoms with Gasteiger partial charge >= 0.3 is 0 Å². The largest absolute Gasteiger partial charge is 0.397 e. The summed E-state index contributed by atoms with van der Waals surface area (Å²) in [6, 6.07) is 5.62. The second-order valence-electron chi connectivity index (χ2n) is 2.54. The number of rotatable bonds is 1. The van der Waals surface area contributed by atoms with Gasteiger partial charge in [0.2, 0.25) is 0 Å². The Morgan fingerprint density at radius 2 is 2.23 bits per heavy atom. The zero-order valence-electron chi connectivity index (χ0n) is 6.68. The molecule has 0 spiro atoms. The second-order valence-corrected chi connectivity index (χ2v) is 3.46. The Labute approximate surface area is 83.5 Å². The van der Waals surface area contributed by atoms with E-state index >= 15 is 0 Å². The maximum absolute atomic E-state index is 5.79. The smallest absolute Gasteiger partial charge is 0.138 e. The zero-order chi connectivity index (χ0) is 9.26. The van der Waals surface area contributed by atoms with Crippen LogP contribution in [0.2, 0.25) is 0 Å². The standard InChI is InChI=1S/C8H7BrN4/c9-6-1-2-8(7(10)3-6)13-5-11-4-12-13/h1-5H,10H2. The lowest BCUT2D eigenvalue weighted by molar-refractivity contribution is 0.881. The molecule has 0 amide bonds. The molecule has 0 atom stereocenters. The summed E-state index contributed by atoms with van der Waals surface area (Å²) in [6.45, 7) is 0. The quantitative estimate of drug-likeness (QED) is 0.769. The molecule has 0 aliphatic carbocycles. The third kappa shape index (κ3) is 1.55. The number of nitrogens with two attached hydrogens (primary N) is 1. The highest BCUT2D eigenvalue weighted by Crippen LogP contribution is 2.20. The van der Waals surface area contributed by atoms with Crippen LogP contribution < -0.4 is 5.73 Å². The van der Waals surface area contributed by atoms with Gasteiger partial charge in [0, 0.05) is 4.47 Å². The van der Waals surface area contributed by atoms with Gasteiger partial charge < -0.3 is 5.73 Å². The van der Waals surface area contributed by atoms with Crippen LogP contribution in [0.5, 0.6) is 0 Å². The summed E-state index contributed by atoms with van der Waals surface area (Å²) >= 11 is 3.33. The molecule has 5 heteroatoms. The Kier molecular flexibility index (Phi) is 2.02. The van der Waals surface area contributed by atoms with Crippen LogP contribution in [0.1, 0.15) is 0 Å². The Bertz CT molecular complexity index is 410. The van der Waals surface area contributed by atoms with E-state index in [9.17, 15) is 0 Å². The van der Waals surface area contributed by atoms with E-state index in [1.54, 1.807) is 11.0 Å². The van der Waals surface area contributed by atoms with E-state index in [4.69, 9.17) is 5.73 Å². The summed E-state index contributed by atoms with van der Waals surface area (Å²) in [5.41, 5.74) is 7.29. The summed E-state index contributed by atoms with van der Waals surface area (Å²) in [6.07, 6.45) is 3.08. The van der Waals surface area contributed by atoms with Gasteiger partial charge in [-0.1, -0.05) is 15.9 Å². The van der Waals surface area contributed by atoms with Crippen LogP contribution in [-0.2, 0) is 0 Å². The summed E-state index contributed by atoms with van der Waals surface area (Å²) in [5, 5.41) is 3.99. The number of nitrogens with zero attached hydrogens (tertiary/aromatic N) is 3. The van der Waals surface area contributed by atoms with Gasteiger partial charge in [0.05, 0.1) is 11.4 Å². The topological polar surface area (TPSA) is 56.7 Å². The Morgan fingerprint density at radius 1 is 1.38 bits per heavy atom. The average Bonchev–Trinajstić information content (AvgIpc) is 2.56. The zero-order valence-corrected chi connectivity index (χ0v) is 8.27. The Morgan fingerprint density at radius 3 is 2.85 bits per heavy atom. The molecule has 0 bridgehead atoms. The number of hydrogen-bond acceptors (Lipinski definition) is 3. The highest BCUT2D eigenvalue weighted by atomic mass is 79.9. The van der Waals surface area contributed by atoms with Gasteiger partial charge in [-0.15, -0.1) is 0 Å². The predicted molar refractivity (Wildman–Crippen MR) is 53.5 cm³/mol. The van der Waals surface area contributed by atoms with Crippen LogP contribution in [-0.4, -0.2) is 14.8 Å². The molecule has 0 saturated carbocycles. The van der Waals surface area contributed by atoms with Crippen LogP contribution >= 0.6 is 15.9 Å². The maximum atomic E-state index is 5.79. The summed E-state index contributed by atoms with van der Waals surface area (Å²) in [7, 11) is 0. The van der Waals surface area contributed by atoms with E-state index in [0.717, 1.165) is 10.2 Å². The van der Waals surface area contributed by atoms with Crippen molar-refractivity contribution in [1.29, 1.82) is 0 Å². The SMILES string of the molecule is Nc1cc(Br)ccc1-n1cncn1. The highest BCUT2D eigenvalue weighted by Gasteiger charge is 2.01. The average molecular weight is 239 g/mol. The molecule has 2 aromatic rings. The van der Waals surface area contributed by atoms with Gasteiger partial charge in [0.15, 0.2) is 0 Å². The Balaban J connectivity index is 2.53. The molecule has 66 valence electrons. The Hall–Kier alpha value is -1.36. The number of halogens is 1. The van der Waals surface area contributed by atoms with Gasteiger partial charge in [-0.05, 0) is 18.2 Å². The molecule has 0 saturated heterocycles. The number of nitrogen functional groups attached to an aromatic ring is 1. The van der Waals surface area contributed by atoms with E-state index in [0.29, 0.717) is 5.69 Å². The molecule has 1 aromatic carbocycles. The fourth-order valence-electron chi connectivity index (χ4n) is 1.07. The lowest BCUT2D eigenvalue weighted by Gasteiger charge is -2.04. The van der Waals surface area contributed by atoms with Crippen molar-refractivity contribution in [3.05, 3.63) is 35.3 Å². The van der Waals surface area contributed by atoms with Crippen LogP contribution in [0.4, 0.5) is 5.69 Å². The lowest BCUT2D eigenvalue weighted by Crippen LogP contribution is -1.99. The summed E-state index contributed by atoms with van der Waals surface area (Å²) in [5.74, 6) is 0. The third-order valence-electron chi connectivity index (χ3n) is 1.66. The van der Waals surface area contributed by atoms with E-state index in [1.807, 2.05) is 18.2 Å². The van der Waals surface area contributed by atoms with Gasteiger partial charge in [0.1, 0.15) is 12.7 Å². The van der Waals surface area contributed by atoms with Crippen molar-refractivity contribution in [3.8, 4) is 5.69 Å². The molecule has 2 rings (SSSR count). The fourth-order valence-corrected chi connectivity index (χ4v) is 1.45. The lowest BCUT2D eigenvalue weighted by atomic mass is 10.3. The minimum absolute atomic E-state index is 0.667. The first-order valence-corrected chi connectivity index (χ1v) is 4.47. The van der Waals surface area contributed by atoms with E-state index < -0.39 is 0 Å². The second kappa shape index (κ2) is 3.18. The van der Waals surface area contributed by atoms with Crippen LogP contribution in [0.15, 0.2) is 35.3 Å². The van der Waals surface area contributed by atoms with Crippen molar-refractivity contribution in [2.24, 2.45) is 0 Å². The van der Waals surface area contributed by atoms with Crippen molar-refractivity contribution >= 4 is 21.6 Å². The minimum Gasteiger partial charge on any atom is -0.397 e. The highest BCUT2D eigenvalue weighted by molar-refractivity contribution is 9.10. The normalized spacial score (nSPS) is 10.2. The van der Waals surface area contributed by atoms with Crippen molar-refractivity contribution in [2.45, 2.75) is 0 Å². The molecule has 0 unspecified atom stereocenters. The van der Waals surface area contributed by atoms with Gasteiger partial charge in [-0.25, -0.2) is 9.67 Å². The van der Waals surface area contributed by atoms with E-state index in [1.165, 1.54) is 6.33 Å². The molecule has 1 aromatic heterocycles. The minimum atomic E-state index is 0.667. The fraction of sp³-hybridized carbons (Fsp3) is 0. The third-order valence-corrected chi connectivity index (χ3v) is 2.15. The molecular formula is C8H7BrN4. The van der Waals surface area contributed by atoms with E-state index in [2.05, 4.69) is 26.0 Å². The number of benzene rings is 1. The van der Waals surface area contributed by atoms with Gasteiger partial charge in [-0.2, -0.15) is 5.10 Å². The number of aromatic nitrogens is 3. The summed E-state index contributed by atoms with van der Waals surface area (Å²) in [4.78, 5) is 3.85. The summed E-state index contributed by atoms with van der Waals surface area (Å²) < 4.78 is 2.58. The first-order valence-electron chi connectivity index (χ1n) is 3.67. The maximum Gasteiger partial charge on any atom is 0.138 e. The number of hydrogen-bond donors (Lipinski definition) is 1. The van der Waals surface area contributed by atoms with Crippen LogP contribution in [0.25, 0.3) is 5.69 Å². The molecule has 13 heavy (non-hydrogen) atoms. The van der Waals surface area contributed by atoms with Crippen LogP contribution in [0, 0.1) is 0 Å². The van der Waals surface area contributed by atoms with Crippen molar-refractivity contribution in [3.63, 3.8) is 0 Å². The predicted octanol–water partition coefficient (Wildman–Crippen LogP) is 1.61. The molecule has 0 radical (unpaired) electrons. The van der Waals surface area contributed by atoms with Gasteiger partial charge in [-0.3, -0.25) is 0 Å². The first kappa shape index (κ1) is 8.25. The molecular weight excluding hydrogens is 232 g/mol. The van der Waals surface area contributed by atoms with Crippen LogP contribution in [0.3, 0.4) is 0 Å². The van der Waals surface area contributed by atoms with Crippen molar-refractivity contribution in [2.75, 3.05) is 5.73 Å². The van der Waals surface area contributed by atoms with Crippen molar-refractivity contribution in [1.82, 2.24) is 14.8 Å². The van der Waals surface area contributed by atoms with E-state index in [-0.39, 0.29) is 0 Å². The molecule has 2 N–H and O–H groups in total. The first-order chi connectivity index (χ1) is 6.27. The molecule has 4 nitrogen and oxygen atoms in total. The number of anilines is 1. The van der Waals surface area contributed by atoms with Crippen molar-refractivity contribution < 1.29 is 0 Å². The molecule has 0 aliphatic rings. The molecule has 0 aliphatic heterocycles. The van der Waals surface area contributed by atoms with Gasteiger partial charge in [0.25, 0.3) is 0 Å². The molecule has 1 heterocycles. The monoisotopic (exact) mass is 238 g/mol.